The van der Waals surface area contributed by atoms with Gasteiger partial charge >= 0.3 is 121 Å². The molecule has 0 amide bonds. The Morgan fingerprint density at radius 2 is 0.588 bits per heavy atom. The van der Waals surface area contributed by atoms with Crippen LogP contribution in [0.15, 0.2) is 0 Å². The van der Waals surface area contributed by atoms with E-state index in [-0.39, 0.29) is 21.1 Å². The van der Waals surface area contributed by atoms with E-state index in [4.69, 9.17) is 4.74 Å². The predicted molar refractivity (Wildman–Crippen MR) is 160 cm³/mol. The van der Waals surface area contributed by atoms with Crippen molar-refractivity contribution >= 4 is 21.1 Å². The Balaban J connectivity index is 0. The second-order valence-corrected chi connectivity index (χ2v) is 14.7. The Bertz CT molecular complexity index is 249. The fraction of sp³-hybridized carbons (Fsp3) is 1.00. The van der Waals surface area contributed by atoms with Crippen LogP contribution >= 0.6 is 0 Å². The van der Waals surface area contributed by atoms with Crippen molar-refractivity contribution in [3.05, 3.63) is 0 Å². The molecule has 0 aliphatic rings. The molecule has 0 aromatic carbocycles. The first-order chi connectivity index (χ1) is 16.8. The summed E-state index contributed by atoms with van der Waals surface area (Å²) in [6, 6.07) is 0. The molecule has 34 heavy (non-hydrogen) atoms. The summed E-state index contributed by atoms with van der Waals surface area (Å²) in [4.78, 5) is 0. The van der Waals surface area contributed by atoms with Gasteiger partial charge in [0.05, 0.1) is 0 Å². The first-order valence-corrected chi connectivity index (χ1v) is 20.1. The maximum absolute atomic E-state index is 5.65. The summed E-state index contributed by atoms with van der Waals surface area (Å²) in [7, 11) is 0. The van der Waals surface area contributed by atoms with Gasteiger partial charge in [-0.15, -0.1) is 0 Å². The average Bonchev–Trinajstić information content (AvgIpc) is 2.85. The summed E-state index contributed by atoms with van der Waals surface area (Å²) < 4.78 is 8.96. The second-order valence-electron chi connectivity index (χ2n) is 10.4. The molecule has 0 aliphatic heterocycles. The zero-order valence-electron chi connectivity index (χ0n) is 24.7. The Hall–Kier alpha value is 0.759. The Labute approximate surface area is 229 Å². The van der Waals surface area contributed by atoms with Gasteiger partial charge in [0, 0.05) is 13.2 Å². The molecule has 0 unspecified atom stereocenters. The van der Waals surface area contributed by atoms with Crippen LogP contribution in [0.2, 0.25) is 8.87 Å². The maximum atomic E-state index is 5.65. The number of ether oxygens (including phenoxy) is 1. The Morgan fingerprint density at radius 1 is 0.324 bits per heavy atom. The van der Waals surface area contributed by atoms with Crippen molar-refractivity contribution in [1.29, 1.82) is 0 Å². The van der Waals surface area contributed by atoms with Crippen LogP contribution in [0, 0.1) is 0 Å². The molecule has 0 bridgehead atoms. The van der Waals surface area contributed by atoms with E-state index in [9.17, 15) is 0 Å². The van der Waals surface area contributed by atoms with E-state index >= 15 is 0 Å². The molecule has 2 radical (unpaired) electrons. The monoisotopic (exact) mass is 588 g/mol. The van der Waals surface area contributed by atoms with Gasteiger partial charge in [-0.25, -0.2) is 0 Å². The van der Waals surface area contributed by atoms with E-state index in [1.54, 1.807) is 21.7 Å². The molecule has 0 N–H and O–H groups in total. The van der Waals surface area contributed by atoms with Crippen LogP contribution in [0.3, 0.4) is 0 Å². The van der Waals surface area contributed by atoms with E-state index in [2.05, 4.69) is 27.7 Å². The van der Waals surface area contributed by atoms with Crippen molar-refractivity contribution < 1.29 is 4.74 Å². The first-order valence-electron chi connectivity index (χ1n) is 16.1. The molecule has 0 saturated carbocycles. The SMILES string of the molecule is CCCCCCCCOCCCCCCCC.CCCCCCC[CH2][Sn][CH2]CCCCCCC. The molecular formula is C32H68OSn. The van der Waals surface area contributed by atoms with Crippen molar-refractivity contribution in [3.63, 3.8) is 0 Å². The first kappa shape index (κ1) is 36.9. The van der Waals surface area contributed by atoms with Gasteiger partial charge in [-0.2, -0.15) is 0 Å². The topological polar surface area (TPSA) is 9.23 Å². The predicted octanol–water partition coefficient (Wildman–Crippen LogP) is 12.0. The number of rotatable bonds is 28. The quantitative estimate of drug-likeness (QED) is 0.0654. The van der Waals surface area contributed by atoms with Crippen LogP contribution in [0.25, 0.3) is 0 Å². The van der Waals surface area contributed by atoms with Crippen molar-refractivity contribution in [2.45, 2.75) is 191 Å². The molecule has 0 rings (SSSR count). The summed E-state index contributed by atoms with van der Waals surface area (Å²) in [5, 5.41) is 0. The van der Waals surface area contributed by atoms with E-state index in [0.29, 0.717) is 0 Å². The molecule has 1 nitrogen and oxygen atoms in total. The van der Waals surface area contributed by atoms with Crippen LogP contribution in [0.5, 0.6) is 0 Å². The molecule has 0 aromatic rings. The average molecular weight is 588 g/mol. The van der Waals surface area contributed by atoms with Gasteiger partial charge in [-0.05, 0) is 12.8 Å². The van der Waals surface area contributed by atoms with Crippen molar-refractivity contribution in [2.24, 2.45) is 0 Å². The van der Waals surface area contributed by atoms with Crippen LogP contribution in [0.1, 0.15) is 182 Å². The van der Waals surface area contributed by atoms with Gasteiger partial charge in [0.25, 0.3) is 0 Å². The van der Waals surface area contributed by atoms with Gasteiger partial charge in [-0.3, -0.25) is 0 Å². The molecule has 0 saturated heterocycles. The molecular weight excluding hydrogens is 519 g/mol. The van der Waals surface area contributed by atoms with E-state index < -0.39 is 0 Å². The van der Waals surface area contributed by atoms with Crippen molar-refractivity contribution in [2.75, 3.05) is 13.2 Å². The molecule has 0 aliphatic carbocycles. The summed E-state index contributed by atoms with van der Waals surface area (Å²) in [5.41, 5.74) is 0. The summed E-state index contributed by atoms with van der Waals surface area (Å²) >= 11 is 0.0736. The molecule has 0 spiro atoms. The van der Waals surface area contributed by atoms with Gasteiger partial charge in [0.2, 0.25) is 0 Å². The molecule has 2 heteroatoms. The number of hydrogen-bond donors (Lipinski definition) is 0. The molecule has 0 aromatic heterocycles. The van der Waals surface area contributed by atoms with E-state index in [1.807, 2.05) is 0 Å². The zero-order chi connectivity index (χ0) is 25.2. The van der Waals surface area contributed by atoms with E-state index in [1.165, 1.54) is 141 Å². The minimum absolute atomic E-state index is 0.0736. The minimum atomic E-state index is 0.0736. The fourth-order valence-electron chi connectivity index (χ4n) is 4.26. The van der Waals surface area contributed by atoms with Crippen LogP contribution < -0.4 is 0 Å². The zero-order valence-corrected chi connectivity index (χ0v) is 27.6. The van der Waals surface area contributed by atoms with E-state index in [0.717, 1.165) is 13.2 Å². The summed E-state index contributed by atoms with van der Waals surface area (Å²) in [6.45, 7) is 11.1. The van der Waals surface area contributed by atoms with Gasteiger partial charge in [0.15, 0.2) is 0 Å². The van der Waals surface area contributed by atoms with Gasteiger partial charge in [-0.1, -0.05) is 78.1 Å². The van der Waals surface area contributed by atoms with Gasteiger partial charge < -0.3 is 4.74 Å². The van der Waals surface area contributed by atoms with Crippen molar-refractivity contribution in [1.82, 2.24) is 0 Å². The van der Waals surface area contributed by atoms with Crippen LogP contribution in [-0.4, -0.2) is 34.4 Å². The third-order valence-corrected chi connectivity index (χ3v) is 10.7. The van der Waals surface area contributed by atoms with Crippen LogP contribution in [-0.2, 0) is 4.74 Å². The third-order valence-electron chi connectivity index (χ3n) is 6.70. The molecule has 206 valence electrons. The second kappa shape index (κ2) is 38.3. The Morgan fingerprint density at radius 3 is 0.912 bits per heavy atom. The third kappa shape index (κ3) is 39.9. The Kier molecular flexibility index (Phi) is 41.6. The standard InChI is InChI=1S/C16H34O.2C8H17.Sn/c1-3-5-7-9-11-13-15-17-16-14-12-10-8-6-4-2;2*1-3-5-7-8-6-4-2;/h3-16H2,1-2H3;2*1,3-8H2,2H3;. The van der Waals surface area contributed by atoms with Crippen molar-refractivity contribution in [3.8, 4) is 0 Å². The fourth-order valence-corrected chi connectivity index (χ4v) is 7.82. The summed E-state index contributed by atoms with van der Waals surface area (Å²) in [6.07, 6.45) is 34.2. The summed E-state index contributed by atoms with van der Waals surface area (Å²) in [5.74, 6) is 0. The molecule has 0 atom stereocenters. The van der Waals surface area contributed by atoms with Gasteiger partial charge in [0.1, 0.15) is 0 Å². The number of unbranched alkanes of at least 4 members (excludes halogenated alkanes) is 20. The molecule has 0 heterocycles. The van der Waals surface area contributed by atoms with Crippen LogP contribution in [0.4, 0.5) is 0 Å². The number of hydrogen-bond acceptors (Lipinski definition) is 1. The molecule has 0 fully saturated rings. The normalized spacial score (nSPS) is 10.9.